The van der Waals surface area contributed by atoms with Crippen LogP contribution in [0.1, 0.15) is 47.9 Å². The van der Waals surface area contributed by atoms with E-state index in [4.69, 9.17) is 55.9 Å². The van der Waals surface area contributed by atoms with Crippen LogP contribution in [0.4, 0.5) is 0 Å². The zero-order chi connectivity index (χ0) is 20.2. The number of aromatic carboxylic acids is 1. The van der Waals surface area contributed by atoms with Crippen molar-refractivity contribution in [1.29, 1.82) is 0 Å². The molecule has 6 nitrogen and oxygen atoms in total. The lowest BCUT2D eigenvalue weighted by Gasteiger charge is -2.20. The Morgan fingerprint density at radius 2 is 1.35 bits per heavy atom. The summed E-state index contributed by atoms with van der Waals surface area (Å²) in [5, 5.41) is 7.88. The summed E-state index contributed by atoms with van der Waals surface area (Å²) >= 11 is 23.4. The van der Waals surface area contributed by atoms with Crippen LogP contribution >= 0.6 is 46.4 Å². The van der Waals surface area contributed by atoms with Crippen LogP contribution in [0, 0.1) is 5.41 Å². The van der Waals surface area contributed by atoms with Crippen molar-refractivity contribution in [3.8, 4) is 0 Å². The Morgan fingerprint density at radius 1 is 0.885 bits per heavy atom. The van der Waals surface area contributed by atoms with Crippen LogP contribution in [-0.4, -0.2) is 36.2 Å². The number of carbonyl (C=O) groups is 3. The number of hydrogen-bond donors (Lipinski definition) is 1. The van der Waals surface area contributed by atoms with Crippen molar-refractivity contribution < 1.29 is 29.0 Å². The summed E-state index contributed by atoms with van der Waals surface area (Å²) in [6.07, 6.45) is 0.574. The van der Waals surface area contributed by atoms with Crippen LogP contribution in [0.5, 0.6) is 0 Å². The van der Waals surface area contributed by atoms with E-state index >= 15 is 0 Å². The summed E-state index contributed by atoms with van der Waals surface area (Å²) in [4.78, 5) is 35.5. The van der Waals surface area contributed by atoms with Crippen LogP contribution in [0.3, 0.4) is 0 Å². The van der Waals surface area contributed by atoms with Crippen molar-refractivity contribution in [3.05, 3.63) is 31.2 Å². The molecular weight excluding hydrogens is 430 g/mol. The molecule has 0 aliphatic rings. The number of ether oxygens (including phenoxy) is 2. The second kappa shape index (κ2) is 9.13. The van der Waals surface area contributed by atoms with Crippen molar-refractivity contribution in [2.24, 2.45) is 5.41 Å². The van der Waals surface area contributed by atoms with E-state index in [9.17, 15) is 19.5 Å². The fourth-order valence-electron chi connectivity index (χ4n) is 1.70. The normalized spacial score (nSPS) is 11.2. The standard InChI is InChI=1S/C16H16Cl4O6/c1-4-16(2,3)15(24)26-6-5-25-14(23)8-7(13(21)22)9(17)11(19)12(20)10(8)18/h4-6H2,1-3H3,(H,21,22). The maximum absolute atomic E-state index is 12.2. The van der Waals surface area contributed by atoms with Crippen molar-refractivity contribution in [1.82, 2.24) is 0 Å². The van der Waals surface area contributed by atoms with E-state index < -0.39 is 44.5 Å². The fraction of sp³-hybridized carbons (Fsp3) is 0.438. The van der Waals surface area contributed by atoms with Crippen molar-refractivity contribution in [3.63, 3.8) is 0 Å². The van der Waals surface area contributed by atoms with Crippen molar-refractivity contribution in [2.75, 3.05) is 13.2 Å². The molecule has 144 valence electrons. The molecule has 0 aromatic heterocycles. The van der Waals surface area contributed by atoms with Gasteiger partial charge in [0.05, 0.1) is 36.6 Å². The minimum Gasteiger partial charge on any atom is -0.478 e. The van der Waals surface area contributed by atoms with Gasteiger partial charge in [0.1, 0.15) is 13.2 Å². The number of carboxylic acid groups (broad SMARTS) is 1. The highest BCUT2D eigenvalue weighted by molar-refractivity contribution is 6.54. The quantitative estimate of drug-likeness (QED) is 0.270. The lowest BCUT2D eigenvalue weighted by atomic mass is 9.91. The predicted molar refractivity (Wildman–Crippen MR) is 98.8 cm³/mol. The van der Waals surface area contributed by atoms with E-state index in [1.165, 1.54) is 0 Å². The Morgan fingerprint density at radius 3 is 1.81 bits per heavy atom. The van der Waals surface area contributed by atoms with Crippen LogP contribution in [-0.2, 0) is 14.3 Å². The largest absolute Gasteiger partial charge is 0.478 e. The molecule has 26 heavy (non-hydrogen) atoms. The molecule has 0 spiro atoms. The number of carboxylic acids is 1. The molecule has 1 N–H and O–H groups in total. The van der Waals surface area contributed by atoms with E-state index in [0.717, 1.165) is 0 Å². The highest BCUT2D eigenvalue weighted by atomic mass is 35.5. The third kappa shape index (κ3) is 4.94. The number of esters is 2. The topological polar surface area (TPSA) is 89.9 Å². The fourth-order valence-corrected chi connectivity index (χ4v) is 2.72. The molecule has 0 heterocycles. The summed E-state index contributed by atoms with van der Waals surface area (Å²) in [7, 11) is 0. The molecule has 1 aromatic carbocycles. The van der Waals surface area contributed by atoms with Gasteiger partial charge in [-0.25, -0.2) is 9.59 Å². The Balaban J connectivity index is 2.92. The van der Waals surface area contributed by atoms with Gasteiger partial charge in [0.2, 0.25) is 0 Å². The molecule has 0 bridgehead atoms. The first kappa shape index (κ1) is 22.8. The first-order chi connectivity index (χ1) is 12.0. The van der Waals surface area contributed by atoms with Gasteiger partial charge in [-0.15, -0.1) is 0 Å². The minimum absolute atomic E-state index is 0.205. The Bertz CT molecular complexity index is 745. The molecule has 10 heteroatoms. The molecule has 0 fully saturated rings. The third-order valence-electron chi connectivity index (χ3n) is 3.67. The van der Waals surface area contributed by atoms with Gasteiger partial charge >= 0.3 is 17.9 Å². The maximum atomic E-state index is 12.2. The van der Waals surface area contributed by atoms with E-state index in [1.54, 1.807) is 13.8 Å². The lowest BCUT2D eigenvalue weighted by Crippen LogP contribution is -2.27. The second-order valence-corrected chi connectivity index (χ2v) is 7.33. The summed E-state index contributed by atoms with van der Waals surface area (Å²) in [5.41, 5.74) is -1.82. The molecule has 0 saturated carbocycles. The van der Waals surface area contributed by atoms with Gasteiger partial charge in [0.15, 0.2) is 0 Å². The van der Waals surface area contributed by atoms with Gasteiger partial charge in [-0.05, 0) is 20.3 Å². The Labute approximate surface area is 170 Å². The summed E-state index contributed by atoms with van der Waals surface area (Å²) < 4.78 is 9.94. The van der Waals surface area contributed by atoms with Gasteiger partial charge in [0.25, 0.3) is 0 Å². The SMILES string of the molecule is CCC(C)(C)C(=O)OCCOC(=O)c1c(Cl)c(Cl)c(Cl)c(Cl)c1C(=O)O. The number of rotatable bonds is 7. The Kier molecular flexibility index (Phi) is 8.02. The Hall–Kier alpha value is -1.21. The summed E-state index contributed by atoms with van der Waals surface area (Å²) in [6.45, 7) is 4.77. The summed E-state index contributed by atoms with van der Waals surface area (Å²) in [5.74, 6) is -3.06. The van der Waals surface area contributed by atoms with E-state index in [-0.39, 0.29) is 23.3 Å². The highest BCUT2D eigenvalue weighted by Gasteiger charge is 2.30. The van der Waals surface area contributed by atoms with Gasteiger partial charge < -0.3 is 14.6 Å². The van der Waals surface area contributed by atoms with Crippen molar-refractivity contribution >= 4 is 64.3 Å². The molecule has 0 unspecified atom stereocenters. The van der Waals surface area contributed by atoms with Gasteiger partial charge in [-0.3, -0.25) is 4.79 Å². The molecule has 0 saturated heterocycles. The second-order valence-electron chi connectivity index (χ2n) is 5.82. The molecule has 0 atom stereocenters. The summed E-state index contributed by atoms with van der Waals surface area (Å²) in [6, 6.07) is 0. The molecule has 1 aromatic rings. The zero-order valence-electron chi connectivity index (χ0n) is 14.1. The minimum atomic E-state index is -1.53. The maximum Gasteiger partial charge on any atom is 0.340 e. The van der Waals surface area contributed by atoms with E-state index in [0.29, 0.717) is 6.42 Å². The third-order valence-corrected chi connectivity index (χ3v) is 5.47. The first-order valence-corrected chi connectivity index (χ1v) is 8.90. The van der Waals surface area contributed by atoms with E-state index in [2.05, 4.69) is 0 Å². The predicted octanol–water partition coefficient (Wildman–Crippen LogP) is 5.13. The van der Waals surface area contributed by atoms with Crippen LogP contribution in [0.2, 0.25) is 20.1 Å². The monoisotopic (exact) mass is 444 g/mol. The van der Waals surface area contributed by atoms with Gasteiger partial charge in [0, 0.05) is 0 Å². The first-order valence-electron chi connectivity index (χ1n) is 7.39. The molecule has 0 aliphatic heterocycles. The molecule has 1 rings (SSSR count). The molecule has 0 radical (unpaired) electrons. The van der Waals surface area contributed by atoms with E-state index in [1.807, 2.05) is 6.92 Å². The highest BCUT2D eigenvalue weighted by Crippen LogP contribution is 2.41. The zero-order valence-corrected chi connectivity index (χ0v) is 17.1. The van der Waals surface area contributed by atoms with Crippen LogP contribution in [0.25, 0.3) is 0 Å². The number of hydrogen-bond acceptors (Lipinski definition) is 5. The smallest absolute Gasteiger partial charge is 0.340 e. The molecule has 0 aliphatic carbocycles. The molecule has 0 amide bonds. The number of benzene rings is 1. The lowest BCUT2D eigenvalue weighted by molar-refractivity contribution is -0.155. The van der Waals surface area contributed by atoms with Crippen LogP contribution in [0.15, 0.2) is 0 Å². The van der Waals surface area contributed by atoms with Crippen LogP contribution < -0.4 is 0 Å². The van der Waals surface area contributed by atoms with Gasteiger partial charge in [-0.2, -0.15) is 0 Å². The number of halogens is 4. The average molecular weight is 446 g/mol. The molecular formula is C16H16Cl4O6. The van der Waals surface area contributed by atoms with Gasteiger partial charge in [-0.1, -0.05) is 53.3 Å². The number of carbonyl (C=O) groups excluding carboxylic acids is 2. The average Bonchev–Trinajstić information content (AvgIpc) is 2.58. The van der Waals surface area contributed by atoms with Crippen molar-refractivity contribution in [2.45, 2.75) is 27.2 Å².